The van der Waals surface area contributed by atoms with E-state index < -0.39 is 22.8 Å². The third-order valence-corrected chi connectivity index (χ3v) is 4.49. The van der Waals surface area contributed by atoms with Crippen LogP contribution < -0.4 is 5.32 Å². The number of hydrogen-bond acceptors (Lipinski definition) is 7. The number of anilines is 1. The van der Waals surface area contributed by atoms with Gasteiger partial charge >= 0.3 is 6.18 Å². The predicted octanol–water partition coefficient (Wildman–Crippen LogP) is 4.52. The van der Waals surface area contributed by atoms with E-state index in [0.29, 0.717) is 17.2 Å². The van der Waals surface area contributed by atoms with Crippen molar-refractivity contribution in [3.8, 4) is 11.9 Å². The average Bonchev–Trinajstić information content (AvgIpc) is 3.33. The maximum atomic E-state index is 13.0. The molecule has 12 heteroatoms. The van der Waals surface area contributed by atoms with Crippen LogP contribution in [0.25, 0.3) is 16.9 Å². The second kappa shape index (κ2) is 7.31. The standard InChI is InChI=1S/C18H11ClF3N7O/c1-9(16-25-8-26-29(16)15-3-2-10(6-23)7-24-15)27-17-28-13-4-11(18(20,21)22)12(19)5-14(13)30-17/h2-5,7-9H,1H3,(H,27,28)/t9-/m0/s1. The molecule has 1 N–H and O–H groups in total. The van der Waals surface area contributed by atoms with Gasteiger partial charge in [-0.2, -0.15) is 33.2 Å². The number of aromatic nitrogens is 5. The van der Waals surface area contributed by atoms with Crippen molar-refractivity contribution in [1.29, 1.82) is 5.26 Å². The minimum absolute atomic E-state index is 0.00442. The van der Waals surface area contributed by atoms with Crippen molar-refractivity contribution < 1.29 is 17.6 Å². The molecule has 0 saturated carbocycles. The van der Waals surface area contributed by atoms with Crippen LogP contribution in [0.2, 0.25) is 5.02 Å². The molecule has 152 valence electrons. The molecule has 30 heavy (non-hydrogen) atoms. The zero-order valence-electron chi connectivity index (χ0n) is 15.1. The Morgan fingerprint density at radius 3 is 2.73 bits per heavy atom. The van der Waals surface area contributed by atoms with Crippen molar-refractivity contribution in [3.05, 3.63) is 58.8 Å². The molecule has 0 amide bonds. The average molecular weight is 434 g/mol. The van der Waals surface area contributed by atoms with Gasteiger partial charge in [0.1, 0.15) is 17.9 Å². The molecule has 0 aliphatic rings. The van der Waals surface area contributed by atoms with E-state index >= 15 is 0 Å². The van der Waals surface area contributed by atoms with Crippen LogP contribution in [0.5, 0.6) is 0 Å². The molecule has 4 rings (SSSR count). The summed E-state index contributed by atoms with van der Waals surface area (Å²) in [6, 6.07) is 6.60. The van der Waals surface area contributed by atoms with Gasteiger partial charge in [0.25, 0.3) is 6.01 Å². The van der Waals surface area contributed by atoms with E-state index in [1.807, 2.05) is 6.07 Å². The van der Waals surface area contributed by atoms with Crippen LogP contribution in [0.15, 0.2) is 41.2 Å². The molecule has 0 fully saturated rings. The van der Waals surface area contributed by atoms with Crippen molar-refractivity contribution in [1.82, 2.24) is 24.7 Å². The highest BCUT2D eigenvalue weighted by atomic mass is 35.5. The van der Waals surface area contributed by atoms with E-state index in [4.69, 9.17) is 21.3 Å². The smallest absolute Gasteiger partial charge is 0.417 e. The number of oxazole rings is 1. The van der Waals surface area contributed by atoms with Gasteiger partial charge in [-0.05, 0) is 25.1 Å². The molecule has 4 aromatic rings. The van der Waals surface area contributed by atoms with Crippen molar-refractivity contribution in [2.45, 2.75) is 19.1 Å². The van der Waals surface area contributed by atoms with Crippen molar-refractivity contribution in [3.63, 3.8) is 0 Å². The molecular formula is C18H11ClF3N7O. The van der Waals surface area contributed by atoms with Gasteiger partial charge in [-0.15, -0.1) is 0 Å². The molecule has 0 saturated heterocycles. The van der Waals surface area contributed by atoms with Gasteiger partial charge in [-0.3, -0.25) is 0 Å². The lowest BCUT2D eigenvalue weighted by Crippen LogP contribution is -2.14. The molecule has 8 nitrogen and oxygen atoms in total. The van der Waals surface area contributed by atoms with E-state index in [1.54, 1.807) is 19.1 Å². The highest BCUT2D eigenvalue weighted by Crippen LogP contribution is 2.37. The van der Waals surface area contributed by atoms with Gasteiger partial charge in [0.05, 0.1) is 22.2 Å². The van der Waals surface area contributed by atoms with E-state index in [2.05, 4.69) is 25.4 Å². The zero-order valence-corrected chi connectivity index (χ0v) is 15.9. The third-order valence-electron chi connectivity index (χ3n) is 4.18. The normalized spacial score (nSPS) is 12.7. The lowest BCUT2D eigenvalue weighted by atomic mass is 10.2. The molecular weight excluding hydrogens is 423 g/mol. The second-order valence-corrected chi connectivity index (χ2v) is 6.64. The molecule has 0 spiro atoms. The molecule has 1 aromatic carbocycles. The summed E-state index contributed by atoms with van der Waals surface area (Å²) >= 11 is 5.72. The van der Waals surface area contributed by atoms with Crippen LogP contribution in [0.3, 0.4) is 0 Å². The highest BCUT2D eigenvalue weighted by Gasteiger charge is 2.34. The topological polar surface area (TPSA) is 105 Å². The van der Waals surface area contributed by atoms with Crippen LogP contribution in [0.4, 0.5) is 19.2 Å². The first-order valence-corrected chi connectivity index (χ1v) is 8.84. The van der Waals surface area contributed by atoms with Gasteiger partial charge in [0.2, 0.25) is 0 Å². The van der Waals surface area contributed by atoms with E-state index in [1.165, 1.54) is 17.2 Å². The first-order chi connectivity index (χ1) is 14.3. The molecule has 0 aliphatic carbocycles. The number of nitrogens with one attached hydrogen (secondary N) is 1. The summed E-state index contributed by atoms with van der Waals surface area (Å²) < 4.78 is 46.0. The van der Waals surface area contributed by atoms with Crippen LogP contribution in [-0.4, -0.2) is 24.7 Å². The minimum atomic E-state index is -4.60. The van der Waals surface area contributed by atoms with Gasteiger partial charge in [0, 0.05) is 12.3 Å². The fourth-order valence-electron chi connectivity index (χ4n) is 2.78. The largest absolute Gasteiger partial charge is 0.423 e. The summed E-state index contributed by atoms with van der Waals surface area (Å²) in [5, 5.41) is 15.5. The Balaban J connectivity index is 1.62. The summed E-state index contributed by atoms with van der Waals surface area (Å²) in [6.07, 6.45) is -1.87. The number of hydrogen-bond donors (Lipinski definition) is 1. The maximum absolute atomic E-state index is 13.0. The van der Waals surface area contributed by atoms with Crippen LogP contribution in [0, 0.1) is 11.3 Å². The summed E-state index contributed by atoms with van der Waals surface area (Å²) in [5.74, 6) is 0.887. The zero-order chi connectivity index (χ0) is 21.5. The molecule has 0 aliphatic heterocycles. The SMILES string of the molecule is C[C@H](Nc1nc2cc(C(F)(F)F)c(Cl)cc2o1)c1ncnn1-c1ccc(C#N)cn1. The Bertz CT molecular complexity index is 1260. The molecule has 3 heterocycles. The third kappa shape index (κ3) is 3.65. The van der Waals surface area contributed by atoms with Crippen LogP contribution in [-0.2, 0) is 6.18 Å². The Hall–Kier alpha value is -3.65. The summed E-state index contributed by atoms with van der Waals surface area (Å²) in [6.45, 7) is 1.74. The number of alkyl halides is 3. The lowest BCUT2D eigenvalue weighted by molar-refractivity contribution is -0.137. The predicted molar refractivity (Wildman–Crippen MR) is 99.9 cm³/mol. The fraction of sp³-hybridized carbons (Fsp3) is 0.167. The quantitative estimate of drug-likeness (QED) is 0.504. The maximum Gasteiger partial charge on any atom is 0.417 e. The van der Waals surface area contributed by atoms with Crippen LogP contribution >= 0.6 is 11.6 Å². The van der Waals surface area contributed by atoms with Gasteiger partial charge in [-0.1, -0.05) is 11.6 Å². The lowest BCUT2D eigenvalue weighted by Gasteiger charge is -2.12. The molecule has 0 bridgehead atoms. The number of nitrogens with zero attached hydrogens (tertiary/aromatic N) is 6. The first kappa shape index (κ1) is 19.7. The van der Waals surface area contributed by atoms with Gasteiger partial charge in [-0.25, -0.2) is 9.97 Å². The Morgan fingerprint density at radius 2 is 2.07 bits per heavy atom. The highest BCUT2D eigenvalue weighted by molar-refractivity contribution is 6.32. The fourth-order valence-corrected chi connectivity index (χ4v) is 3.04. The number of nitriles is 1. The molecule has 0 unspecified atom stereocenters. The van der Waals surface area contributed by atoms with E-state index in [-0.39, 0.29) is 17.1 Å². The summed E-state index contributed by atoms with van der Waals surface area (Å²) in [7, 11) is 0. The molecule has 1 atom stereocenters. The van der Waals surface area contributed by atoms with Gasteiger partial charge < -0.3 is 9.73 Å². The Labute approximate surface area is 171 Å². The van der Waals surface area contributed by atoms with E-state index in [9.17, 15) is 13.2 Å². The molecule has 0 radical (unpaired) electrons. The first-order valence-electron chi connectivity index (χ1n) is 8.46. The minimum Gasteiger partial charge on any atom is -0.423 e. The van der Waals surface area contributed by atoms with E-state index in [0.717, 1.165) is 12.1 Å². The van der Waals surface area contributed by atoms with Crippen molar-refractivity contribution in [2.24, 2.45) is 0 Å². The number of rotatable bonds is 4. The number of pyridine rings is 1. The van der Waals surface area contributed by atoms with Crippen molar-refractivity contribution >= 4 is 28.7 Å². The van der Waals surface area contributed by atoms with Crippen molar-refractivity contribution in [2.75, 3.05) is 5.32 Å². The number of fused-ring (bicyclic) bond motifs is 1. The Kier molecular flexibility index (Phi) is 4.79. The number of halogens is 4. The summed E-state index contributed by atoms with van der Waals surface area (Å²) in [4.78, 5) is 12.4. The Morgan fingerprint density at radius 1 is 1.27 bits per heavy atom. The second-order valence-electron chi connectivity index (χ2n) is 6.23. The molecule has 3 aromatic heterocycles. The van der Waals surface area contributed by atoms with Gasteiger partial charge in [0.15, 0.2) is 17.2 Å². The monoisotopic (exact) mass is 433 g/mol. The number of benzene rings is 1. The summed E-state index contributed by atoms with van der Waals surface area (Å²) in [5.41, 5.74) is -0.472. The van der Waals surface area contributed by atoms with Crippen LogP contribution in [0.1, 0.15) is 29.9 Å².